The molecule has 0 saturated carbocycles. The van der Waals surface area contributed by atoms with Crippen molar-refractivity contribution in [2.24, 2.45) is 0 Å². The zero-order chi connectivity index (χ0) is 35.6. The van der Waals surface area contributed by atoms with Gasteiger partial charge in [0.25, 0.3) is 5.91 Å². The highest BCUT2D eigenvalue weighted by atomic mass is 35.5. The van der Waals surface area contributed by atoms with Gasteiger partial charge in [-0.2, -0.15) is 22.7 Å². The molecule has 1 saturated heterocycles. The Morgan fingerprint density at radius 3 is 2.44 bits per heavy atom. The molecule has 0 bridgehead atoms. The van der Waals surface area contributed by atoms with Crippen molar-refractivity contribution >= 4 is 52.0 Å². The zero-order valence-corrected chi connectivity index (χ0v) is 27.0. The number of anilines is 2. The van der Waals surface area contributed by atoms with Gasteiger partial charge in [-0.25, -0.2) is 0 Å². The van der Waals surface area contributed by atoms with Crippen LogP contribution in [0.15, 0.2) is 59.4 Å². The quantitative estimate of drug-likeness (QED) is 0.249. The summed E-state index contributed by atoms with van der Waals surface area (Å²) in [6.07, 6.45) is -2.43. The number of aromatic hydroxyl groups is 1. The molecule has 18 heteroatoms. The number of fused-ring (bicyclic) bond motifs is 1. The fourth-order valence-electron chi connectivity index (χ4n) is 5.59. The molecule has 3 N–H and O–H groups in total. The number of rotatable bonds is 8. The molecule has 14 nitrogen and oxygen atoms in total. The van der Waals surface area contributed by atoms with E-state index in [4.69, 9.17) is 16.3 Å². The molecule has 0 spiro atoms. The number of piperazine rings is 1. The van der Waals surface area contributed by atoms with Gasteiger partial charge in [-0.3, -0.25) is 23.7 Å². The van der Waals surface area contributed by atoms with Gasteiger partial charge < -0.3 is 30.3 Å². The third kappa shape index (κ3) is 7.28. The molecular formula is C32H30ClF3N8O6. The minimum atomic E-state index is -4.64. The number of hydrogen-bond donors (Lipinski definition) is 3. The molecule has 2 aliphatic heterocycles. The molecule has 2 aliphatic rings. The maximum absolute atomic E-state index is 13.8. The molecule has 6 rings (SSSR count). The molecule has 0 atom stereocenters. The highest BCUT2D eigenvalue weighted by Gasteiger charge is 2.32. The SMILES string of the molecule is O=C(Cn1c(O)c(N2CCN(C(=O)CNC(=O)c3ccccc3)CC2)c(=O)n2nc(C3=CCOCC3)nc12)Nc1ccc(C(F)(F)F)cc1Cl. The lowest BCUT2D eigenvalue weighted by Crippen LogP contribution is -2.52. The van der Waals surface area contributed by atoms with E-state index in [1.165, 1.54) is 4.90 Å². The number of aromatic nitrogens is 4. The maximum Gasteiger partial charge on any atom is 0.416 e. The van der Waals surface area contributed by atoms with Crippen LogP contribution in [0.1, 0.15) is 28.2 Å². The molecule has 262 valence electrons. The lowest BCUT2D eigenvalue weighted by atomic mass is 10.1. The molecule has 4 heterocycles. The number of nitrogens with zero attached hydrogens (tertiary/aromatic N) is 6. The summed E-state index contributed by atoms with van der Waals surface area (Å²) >= 11 is 6.03. The van der Waals surface area contributed by atoms with Crippen LogP contribution in [-0.4, -0.2) is 92.8 Å². The van der Waals surface area contributed by atoms with Gasteiger partial charge in [-0.05, 0) is 42.3 Å². The van der Waals surface area contributed by atoms with Crippen LogP contribution in [0.2, 0.25) is 5.02 Å². The first-order valence-electron chi connectivity index (χ1n) is 15.4. The Hall–Kier alpha value is -5.42. The lowest BCUT2D eigenvalue weighted by Gasteiger charge is -2.36. The van der Waals surface area contributed by atoms with Crippen LogP contribution in [0.4, 0.5) is 24.5 Å². The number of benzene rings is 2. The predicted molar refractivity (Wildman–Crippen MR) is 175 cm³/mol. The predicted octanol–water partition coefficient (Wildman–Crippen LogP) is 2.79. The van der Waals surface area contributed by atoms with Crippen molar-refractivity contribution in [1.82, 2.24) is 29.4 Å². The number of carbonyl (C=O) groups is 3. The van der Waals surface area contributed by atoms with E-state index in [2.05, 4.69) is 20.7 Å². The van der Waals surface area contributed by atoms with Crippen molar-refractivity contribution < 1.29 is 37.4 Å². The van der Waals surface area contributed by atoms with Crippen LogP contribution in [0.3, 0.4) is 0 Å². The standard InChI is InChI=1S/C32H30ClF3N8O6/c33-22-16-21(32(34,35)36)6-7-23(22)38-24(45)18-43-29(48)26(30(49)44-31(43)39-27(40-44)19-8-14-50-15-9-19)42-12-10-41(11-13-42)25(46)17-37-28(47)20-4-2-1-3-5-20/h1-8,16,48H,9-15,17-18H2,(H,37,47)(H,38,45). The third-order valence-electron chi connectivity index (χ3n) is 8.20. The molecule has 1 fully saturated rings. The summed E-state index contributed by atoms with van der Waals surface area (Å²) in [7, 11) is 0. The Kier molecular flexibility index (Phi) is 9.79. The monoisotopic (exact) mass is 714 g/mol. The molecule has 2 aromatic carbocycles. The van der Waals surface area contributed by atoms with Crippen LogP contribution >= 0.6 is 11.6 Å². The van der Waals surface area contributed by atoms with Crippen LogP contribution < -0.4 is 21.1 Å². The Morgan fingerprint density at radius 2 is 1.78 bits per heavy atom. The van der Waals surface area contributed by atoms with Crippen LogP contribution in [0, 0.1) is 0 Å². The van der Waals surface area contributed by atoms with E-state index in [1.54, 1.807) is 41.3 Å². The topological polar surface area (TPSA) is 163 Å². The second kappa shape index (κ2) is 14.2. The second-order valence-electron chi connectivity index (χ2n) is 11.4. The van der Waals surface area contributed by atoms with Crippen LogP contribution in [0.25, 0.3) is 11.4 Å². The van der Waals surface area contributed by atoms with E-state index in [0.29, 0.717) is 36.8 Å². The third-order valence-corrected chi connectivity index (χ3v) is 8.51. The molecular weight excluding hydrogens is 685 g/mol. The highest BCUT2D eigenvalue weighted by molar-refractivity contribution is 6.33. The van der Waals surface area contributed by atoms with E-state index in [-0.39, 0.29) is 66.6 Å². The van der Waals surface area contributed by atoms with Crippen LogP contribution in [0.5, 0.6) is 5.88 Å². The summed E-state index contributed by atoms with van der Waals surface area (Å²) in [4.78, 5) is 59.8. The van der Waals surface area contributed by atoms with Gasteiger partial charge in [0.15, 0.2) is 11.5 Å². The Labute approximate surface area is 286 Å². The van der Waals surface area contributed by atoms with Crippen molar-refractivity contribution in [2.45, 2.75) is 19.1 Å². The van der Waals surface area contributed by atoms with E-state index in [9.17, 15) is 37.5 Å². The van der Waals surface area contributed by atoms with Gasteiger partial charge >= 0.3 is 11.7 Å². The first-order chi connectivity index (χ1) is 23.9. The van der Waals surface area contributed by atoms with Crippen molar-refractivity contribution in [2.75, 3.05) is 56.2 Å². The molecule has 0 aliphatic carbocycles. The van der Waals surface area contributed by atoms with Crippen molar-refractivity contribution in [3.8, 4) is 5.88 Å². The fraction of sp³-hybridized carbons (Fsp3) is 0.312. The number of hydrogen-bond acceptors (Lipinski definition) is 9. The molecule has 4 aromatic rings. The van der Waals surface area contributed by atoms with Gasteiger partial charge in [0.05, 0.1) is 36.0 Å². The van der Waals surface area contributed by atoms with E-state index >= 15 is 0 Å². The molecule has 2 aromatic heterocycles. The average molecular weight is 715 g/mol. The molecule has 0 unspecified atom stereocenters. The summed E-state index contributed by atoms with van der Waals surface area (Å²) in [6.45, 7) is 0.378. The Bertz CT molecular complexity index is 2040. The summed E-state index contributed by atoms with van der Waals surface area (Å²) < 4.78 is 46.7. The maximum atomic E-state index is 13.8. The van der Waals surface area contributed by atoms with E-state index in [0.717, 1.165) is 21.2 Å². The Balaban J connectivity index is 1.24. The van der Waals surface area contributed by atoms with Gasteiger partial charge in [0, 0.05) is 31.7 Å². The number of nitrogens with one attached hydrogen (secondary N) is 2. The average Bonchev–Trinajstić information content (AvgIpc) is 3.56. The van der Waals surface area contributed by atoms with Gasteiger partial charge in [-0.1, -0.05) is 35.9 Å². The van der Waals surface area contributed by atoms with E-state index in [1.807, 2.05) is 0 Å². The van der Waals surface area contributed by atoms with Crippen molar-refractivity contribution in [3.63, 3.8) is 0 Å². The van der Waals surface area contributed by atoms with Gasteiger partial charge in [0.2, 0.25) is 23.5 Å². The summed E-state index contributed by atoms with van der Waals surface area (Å²) in [5.41, 5.74) is -0.910. The van der Waals surface area contributed by atoms with Crippen molar-refractivity contribution in [1.29, 1.82) is 0 Å². The normalized spacial score (nSPS) is 15.2. The van der Waals surface area contributed by atoms with Gasteiger partial charge in [-0.15, -0.1) is 5.10 Å². The fourth-order valence-corrected chi connectivity index (χ4v) is 5.81. The molecule has 0 radical (unpaired) electrons. The number of carbonyl (C=O) groups excluding carboxylic acids is 3. The second-order valence-corrected chi connectivity index (χ2v) is 11.8. The first kappa shape index (κ1) is 34.4. The van der Waals surface area contributed by atoms with Gasteiger partial charge in [0.1, 0.15) is 6.54 Å². The lowest BCUT2D eigenvalue weighted by molar-refractivity contribution is -0.137. The molecule has 3 amide bonds. The smallest absolute Gasteiger partial charge is 0.416 e. The minimum absolute atomic E-state index is 0.100. The number of halogens is 4. The number of ether oxygens (including phenoxy) is 1. The Morgan fingerprint density at radius 1 is 1.04 bits per heavy atom. The van der Waals surface area contributed by atoms with Crippen LogP contribution in [-0.2, 0) is 27.0 Å². The summed E-state index contributed by atoms with van der Waals surface area (Å²) in [5.74, 6) is -2.10. The minimum Gasteiger partial charge on any atom is -0.493 e. The summed E-state index contributed by atoms with van der Waals surface area (Å²) in [6, 6.07) is 10.9. The summed E-state index contributed by atoms with van der Waals surface area (Å²) in [5, 5.41) is 20.6. The number of amides is 3. The van der Waals surface area contributed by atoms with E-state index < -0.39 is 41.5 Å². The zero-order valence-electron chi connectivity index (χ0n) is 26.2. The molecule has 50 heavy (non-hydrogen) atoms. The first-order valence-corrected chi connectivity index (χ1v) is 15.8. The van der Waals surface area contributed by atoms with Crippen molar-refractivity contribution in [3.05, 3.63) is 86.9 Å². The number of alkyl halides is 3. The highest BCUT2D eigenvalue weighted by Crippen LogP contribution is 2.34. The largest absolute Gasteiger partial charge is 0.493 e.